The van der Waals surface area contributed by atoms with Crippen molar-refractivity contribution in [2.24, 2.45) is 0 Å². The van der Waals surface area contributed by atoms with Gasteiger partial charge in [-0.25, -0.2) is 4.98 Å². The van der Waals surface area contributed by atoms with Crippen LogP contribution in [-0.2, 0) is 19.4 Å². The van der Waals surface area contributed by atoms with E-state index in [4.69, 9.17) is 11.6 Å². The second-order valence-corrected chi connectivity index (χ2v) is 6.46. The Morgan fingerprint density at radius 1 is 1.29 bits per heavy atom. The number of halogens is 1. The highest BCUT2D eigenvalue weighted by Gasteiger charge is 2.09. The van der Waals surface area contributed by atoms with Gasteiger partial charge in [0.1, 0.15) is 5.15 Å². The van der Waals surface area contributed by atoms with E-state index >= 15 is 0 Å². The highest BCUT2D eigenvalue weighted by Crippen LogP contribution is 2.17. The molecule has 0 aromatic carbocycles. The van der Waals surface area contributed by atoms with Crippen molar-refractivity contribution in [2.45, 2.75) is 39.7 Å². The Labute approximate surface area is 134 Å². The third kappa shape index (κ3) is 4.55. The summed E-state index contributed by atoms with van der Waals surface area (Å²) in [7, 11) is 0. The van der Waals surface area contributed by atoms with Crippen LogP contribution in [0.1, 0.15) is 46.1 Å². The average Bonchev–Trinajstić information content (AvgIpc) is 2.92. The van der Waals surface area contributed by atoms with E-state index in [1.54, 1.807) is 17.4 Å². The Balaban J connectivity index is 2.02. The first-order chi connectivity index (χ1) is 10.1. The van der Waals surface area contributed by atoms with Gasteiger partial charge in [0.15, 0.2) is 0 Å². The lowest BCUT2D eigenvalue weighted by atomic mass is 10.1. The predicted octanol–water partition coefficient (Wildman–Crippen LogP) is 4.24. The Morgan fingerprint density at radius 3 is 2.71 bits per heavy atom. The normalized spacial score (nSPS) is 10.6. The molecule has 0 aliphatic heterocycles. The summed E-state index contributed by atoms with van der Waals surface area (Å²) in [6.45, 7) is 4.75. The van der Waals surface area contributed by atoms with E-state index in [0.717, 1.165) is 29.8 Å². The Kier molecular flexibility index (Phi) is 5.76. The molecule has 3 nitrogen and oxygen atoms in total. The number of carbonyl (C=O) groups is 1. The number of rotatable bonds is 6. The summed E-state index contributed by atoms with van der Waals surface area (Å²) in [5.41, 5.74) is 1.44. The maximum absolute atomic E-state index is 12.2. The molecule has 21 heavy (non-hydrogen) atoms. The molecular formula is C16H19ClN2OS. The van der Waals surface area contributed by atoms with Crippen LogP contribution in [0.25, 0.3) is 0 Å². The van der Waals surface area contributed by atoms with Crippen LogP contribution in [0, 0.1) is 0 Å². The Morgan fingerprint density at radius 2 is 2.05 bits per heavy atom. The molecule has 0 atom stereocenters. The van der Waals surface area contributed by atoms with Gasteiger partial charge in [-0.05, 0) is 37.1 Å². The standard InChI is InChI=1S/C16H19ClN2OS/c1-3-5-12-8-11(9-15(17)19-12)16(20)18-10-14-7-6-13(4-2)21-14/h6-9H,3-5,10H2,1-2H3,(H,18,20). The van der Waals surface area contributed by atoms with Gasteiger partial charge in [-0.15, -0.1) is 11.3 Å². The van der Waals surface area contributed by atoms with E-state index in [1.165, 1.54) is 4.88 Å². The molecule has 0 saturated heterocycles. The second kappa shape index (κ2) is 7.57. The number of aryl methyl sites for hydroxylation is 2. The van der Waals surface area contributed by atoms with E-state index in [0.29, 0.717) is 17.3 Å². The van der Waals surface area contributed by atoms with E-state index in [1.807, 2.05) is 6.07 Å². The summed E-state index contributed by atoms with van der Waals surface area (Å²) in [5, 5.41) is 3.31. The van der Waals surface area contributed by atoms with Crippen molar-refractivity contribution in [1.82, 2.24) is 10.3 Å². The molecule has 112 valence electrons. The summed E-state index contributed by atoms with van der Waals surface area (Å²) >= 11 is 7.71. The lowest BCUT2D eigenvalue weighted by Crippen LogP contribution is -2.22. The van der Waals surface area contributed by atoms with E-state index in [-0.39, 0.29) is 5.91 Å². The highest BCUT2D eigenvalue weighted by atomic mass is 35.5. The fourth-order valence-corrected chi connectivity index (χ4v) is 3.17. The number of hydrogen-bond acceptors (Lipinski definition) is 3. The molecule has 2 aromatic rings. The maximum atomic E-state index is 12.2. The number of amides is 1. The van der Waals surface area contributed by atoms with Gasteiger partial charge >= 0.3 is 0 Å². The topological polar surface area (TPSA) is 42.0 Å². The Hall–Kier alpha value is -1.39. The first-order valence-corrected chi connectivity index (χ1v) is 8.34. The minimum atomic E-state index is -0.108. The molecule has 5 heteroatoms. The summed E-state index contributed by atoms with van der Waals surface area (Å²) in [6.07, 6.45) is 2.83. The van der Waals surface area contributed by atoms with Crippen LogP contribution in [0.15, 0.2) is 24.3 Å². The van der Waals surface area contributed by atoms with Gasteiger partial charge in [-0.1, -0.05) is 31.9 Å². The van der Waals surface area contributed by atoms with Crippen LogP contribution in [-0.4, -0.2) is 10.9 Å². The number of pyridine rings is 1. The number of carbonyl (C=O) groups excluding carboxylic acids is 1. The summed E-state index contributed by atoms with van der Waals surface area (Å²) in [4.78, 5) is 18.9. The minimum absolute atomic E-state index is 0.108. The largest absolute Gasteiger partial charge is 0.347 e. The molecule has 0 spiro atoms. The zero-order valence-electron chi connectivity index (χ0n) is 12.3. The average molecular weight is 323 g/mol. The number of hydrogen-bond donors (Lipinski definition) is 1. The highest BCUT2D eigenvalue weighted by molar-refractivity contribution is 7.11. The van der Waals surface area contributed by atoms with Crippen molar-refractivity contribution < 1.29 is 4.79 Å². The van der Waals surface area contributed by atoms with Crippen molar-refractivity contribution in [3.63, 3.8) is 0 Å². The van der Waals surface area contributed by atoms with Crippen LogP contribution < -0.4 is 5.32 Å². The first-order valence-electron chi connectivity index (χ1n) is 7.14. The molecule has 0 radical (unpaired) electrons. The van der Waals surface area contributed by atoms with Gasteiger partial charge < -0.3 is 5.32 Å². The summed E-state index contributed by atoms with van der Waals surface area (Å²) < 4.78 is 0. The first kappa shape index (κ1) is 16.0. The van der Waals surface area contributed by atoms with Crippen LogP contribution in [0.3, 0.4) is 0 Å². The fraction of sp³-hybridized carbons (Fsp3) is 0.375. The second-order valence-electron chi connectivity index (χ2n) is 4.82. The summed E-state index contributed by atoms with van der Waals surface area (Å²) in [6, 6.07) is 7.60. The third-order valence-electron chi connectivity index (χ3n) is 3.10. The zero-order valence-corrected chi connectivity index (χ0v) is 13.9. The van der Waals surface area contributed by atoms with Crippen LogP contribution in [0.5, 0.6) is 0 Å². The van der Waals surface area contributed by atoms with E-state index in [9.17, 15) is 4.79 Å². The molecule has 0 aliphatic carbocycles. The number of nitrogens with one attached hydrogen (secondary N) is 1. The van der Waals surface area contributed by atoms with Crippen molar-refractivity contribution in [3.05, 3.63) is 50.4 Å². The molecule has 2 heterocycles. The van der Waals surface area contributed by atoms with Crippen LogP contribution in [0.4, 0.5) is 0 Å². The van der Waals surface area contributed by atoms with Crippen molar-refractivity contribution in [3.8, 4) is 0 Å². The van der Waals surface area contributed by atoms with Crippen molar-refractivity contribution in [2.75, 3.05) is 0 Å². The van der Waals surface area contributed by atoms with Crippen molar-refractivity contribution >= 4 is 28.8 Å². The van der Waals surface area contributed by atoms with E-state index < -0.39 is 0 Å². The number of thiophene rings is 1. The van der Waals surface area contributed by atoms with Gasteiger partial charge in [-0.3, -0.25) is 4.79 Å². The van der Waals surface area contributed by atoms with Gasteiger partial charge in [0.25, 0.3) is 5.91 Å². The molecular weight excluding hydrogens is 304 g/mol. The monoisotopic (exact) mass is 322 g/mol. The van der Waals surface area contributed by atoms with Gasteiger partial charge in [0, 0.05) is 21.0 Å². The van der Waals surface area contributed by atoms with Crippen molar-refractivity contribution in [1.29, 1.82) is 0 Å². The van der Waals surface area contributed by atoms with Crippen LogP contribution >= 0.6 is 22.9 Å². The molecule has 0 unspecified atom stereocenters. The number of nitrogens with zero attached hydrogens (tertiary/aromatic N) is 1. The predicted molar refractivity (Wildman–Crippen MR) is 88.1 cm³/mol. The molecule has 1 amide bonds. The molecule has 2 rings (SSSR count). The molecule has 0 bridgehead atoms. The third-order valence-corrected chi connectivity index (χ3v) is 4.53. The lowest BCUT2D eigenvalue weighted by molar-refractivity contribution is 0.0951. The van der Waals surface area contributed by atoms with Gasteiger partial charge in [-0.2, -0.15) is 0 Å². The van der Waals surface area contributed by atoms with Gasteiger partial charge in [0.2, 0.25) is 0 Å². The smallest absolute Gasteiger partial charge is 0.251 e. The summed E-state index contributed by atoms with van der Waals surface area (Å²) in [5.74, 6) is -0.108. The SMILES string of the molecule is CCCc1cc(C(=O)NCc2ccc(CC)s2)cc(Cl)n1. The Bertz CT molecular complexity index is 624. The molecule has 0 saturated carbocycles. The zero-order chi connectivity index (χ0) is 15.2. The molecule has 0 fully saturated rings. The number of aromatic nitrogens is 1. The van der Waals surface area contributed by atoms with E-state index in [2.05, 4.69) is 36.3 Å². The quantitative estimate of drug-likeness (QED) is 0.808. The lowest BCUT2D eigenvalue weighted by Gasteiger charge is -2.06. The fourth-order valence-electron chi connectivity index (χ4n) is 2.04. The molecule has 1 N–H and O–H groups in total. The molecule has 0 aliphatic rings. The maximum Gasteiger partial charge on any atom is 0.251 e. The minimum Gasteiger partial charge on any atom is -0.347 e. The van der Waals surface area contributed by atoms with Gasteiger partial charge in [0.05, 0.1) is 6.54 Å². The molecule has 2 aromatic heterocycles. The van der Waals surface area contributed by atoms with Crippen LogP contribution in [0.2, 0.25) is 5.15 Å².